The molecule has 8 heteroatoms. The van der Waals surface area contributed by atoms with Gasteiger partial charge in [0.2, 0.25) is 0 Å². The van der Waals surface area contributed by atoms with Crippen LogP contribution in [0.5, 0.6) is 0 Å². The predicted octanol–water partition coefficient (Wildman–Crippen LogP) is 3.00. The van der Waals surface area contributed by atoms with E-state index >= 15 is 0 Å². The summed E-state index contributed by atoms with van der Waals surface area (Å²) in [5, 5.41) is 10.5. The van der Waals surface area contributed by atoms with Crippen LogP contribution >= 0.6 is 11.3 Å². The molecule has 0 spiro atoms. The number of aryl methyl sites for hydroxylation is 2. The minimum Gasteiger partial charge on any atom is -0.477 e. The first-order valence-corrected chi connectivity index (χ1v) is 8.19. The molecule has 1 aromatic heterocycles. The lowest BCUT2D eigenvalue weighted by molar-refractivity contribution is 0.0698. The number of anilines is 1. The van der Waals surface area contributed by atoms with E-state index in [0.717, 1.165) is 17.4 Å². The van der Waals surface area contributed by atoms with Gasteiger partial charge in [-0.3, -0.25) is 4.72 Å². The van der Waals surface area contributed by atoms with Gasteiger partial charge in [-0.05, 0) is 42.5 Å². The summed E-state index contributed by atoms with van der Waals surface area (Å²) in [4.78, 5) is 10.6. The maximum atomic E-state index is 13.2. The summed E-state index contributed by atoms with van der Waals surface area (Å²) in [6.07, 6.45) is 0. The smallest absolute Gasteiger partial charge is 0.347 e. The average molecular weight is 329 g/mol. The number of carbonyl (C=O) groups is 1. The molecular weight excluding hydrogens is 317 g/mol. The summed E-state index contributed by atoms with van der Waals surface area (Å²) >= 11 is 0.836. The van der Waals surface area contributed by atoms with Crippen molar-refractivity contribution in [3.8, 4) is 0 Å². The van der Waals surface area contributed by atoms with Crippen molar-refractivity contribution in [1.82, 2.24) is 0 Å². The van der Waals surface area contributed by atoms with E-state index in [2.05, 4.69) is 4.72 Å². The van der Waals surface area contributed by atoms with E-state index in [1.54, 1.807) is 6.92 Å². The van der Waals surface area contributed by atoms with Crippen molar-refractivity contribution in [2.45, 2.75) is 18.7 Å². The highest BCUT2D eigenvalue weighted by Gasteiger charge is 2.27. The van der Waals surface area contributed by atoms with Gasteiger partial charge in [0.05, 0.1) is 5.69 Å². The van der Waals surface area contributed by atoms with Crippen LogP contribution in [0.4, 0.5) is 10.1 Å². The van der Waals surface area contributed by atoms with Crippen molar-refractivity contribution in [2.75, 3.05) is 4.72 Å². The molecular formula is C13H12FNO4S2. The molecule has 0 fully saturated rings. The first kappa shape index (κ1) is 15.5. The standard InChI is InChI=1S/C13H12FNO4S2/c1-7-3-4-9(14)5-10(7)15-21(18,19)12-8(2)6-20-11(12)13(16)17/h3-6,15H,1-2H3,(H,16,17). The Morgan fingerprint density at radius 3 is 2.57 bits per heavy atom. The highest BCUT2D eigenvalue weighted by molar-refractivity contribution is 7.93. The van der Waals surface area contributed by atoms with Gasteiger partial charge < -0.3 is 5.11 Å². The quantitative estimate of drug-likeness (QED) is 0.903. The zero-order chi connectivity index (χ0) is 15.8. The van der Waals surface area contributed by atoms with Crippen LogP contribution in [0.1, 0.15) is 20.8 Å². The van der Waals surface area contributed by atoms with Crippen molar-refractivity contribution < 1.29 is 22.7 Å². The summed E-state index contributed by atoms with van der Waals surface area (Å²) in [5.41, 5.74) is 0.945. The third-order valence-electron chi connectivity index (χ3n) is 2.82. The number of rotatable bonds is 4. The predicted molar refractivity (Wildman–Crippen MR) is 78.0 cm³/mol. The van der Waals surface area contributed by atoms with Crippen molar-refractivity contribution in [2.24, 2.45) is 0 Å². The topological polar surface area (TPSA) is 83.5 Å². The van der Waals surface area contributed by atoms with Crippen LogP contribution < -0.4 is 4.72 Å². The summed E-state index contributed by atoms with van der Waals surface area (Å²) in [5.74, 6) is -1.90. The number of sulfonamides is 1. The SMILES string of the molecule is Cc1ccc(F)cc1NS(=O)(=O)c1c(C)csc1C(=O)O. The molecule has 0 atom stereocenters. The van der Waals surface area contributed by atoms with Gasteiger partial charge in [-0.15, -0.1) is 11.3 Å². The molecule has 5 nitrogen and oxygen atoms in total. The van der Waals surface area contributed by atoms with E-state index in [-0.39, 0.29) is 15.5 Å². The maximum absolute atomic E-state index is 13.2. The highest BCUT2D eigenvalue weighted by atomic mass is 32.2. The molecule has 2 N–H and O–H groups in total. The fraction of sp³-hybridized carbons (Fsp3) is 0.154. The van der Waals surface area contributed by atoms with E-state index in [1.807, 2.05) is 0 Å². The molecule has 0 bridgehead atoms. The molecule has 1 aromatic carbocycles. The van der Waals surface area contributed by atoms with Crippen LogP contribution in [0.25, 0.3) is 0 Å². The third kappa shape index (κ3) is 3.06. The Kier molecular flexibility index (Phi) is 4.02. The van der Waals surface area contributed by atoms with Crippen LogP contribution in [0.2, 0.25) is 0 Å². The Labute approximate surface area is 125 Å². The number of benzene rings is 1. The van der Waals surface area contributed by atoms with E-state index in [1.165, 1.54) is 24.4 Å². The van der Waals surface area contributed by atoms with Crippen LogP contribution in [-0.4, -0.2) is 19.5 Å². The molecule has 2 aromatic rings. The second kappa shape index (κ2) is 5.45. The molecule has 0 aliphatic carbocycles. The lowest BCUT2D eigenvalue weighted by Crippen LogP contribution is -2.17. The molecule has 1 heterocycles. The second-order valence-corrected chi connectivity index (χ2v) is 6.95. The van der Waals surface area contributed by atoms with Crippen LogP contribution in [-0.2, 0) is 10.0 Å². The molecule has 0 aliphatic rings. The highest BCUT2D eigenvalue weighted by Crippen LogP contribution is 2.29. The fourth-order valence-electron chi connectivity index (χ4n) is 1.81. The summed E-state index contributed by atoms with van der Waals surface area (Å²) in [6, 6.07) is 3.70. The Morgan fingerprint density at radius 1 is 1.29 bits per heavy atom. The first-order chi connectivity index (χ1) is 9.72. The maximum Gasteiger partial charge on any atom is 0.347 e. The lowest BCUT2D eigenvalue weighted by atomic mass is 10.2. The molecule has 0 amide bonds. The minimum atomic E-state index is -4.10. The Balaban J connectivity index is 2.51. The summed E-state index contributed by atoms with van der Waals surface area (Å²) < 4.78 is 40.2. The Bertz CT molecular complexity index is 812. The largest absolute Gasteiger partial charge is 0.477 e. The van der Waals surface area contributed by atoms with E-state index in [9.17, 15) is 17.6 Å². The van der Waals surface area contributed by atoms with Crippen LogP contribution in [0, 0.1) is 19.7 Å². The molecule has 112 valence electrons. The third-order valence-corrected chi connectivity index (χ3v) is 5.59. The van der Waals surface area contributed by atoms with Crippen molar-refractivity contribution in [1.29, 1.82) is 0 Å². The second-order valence-electron chi connectivity index (χ2n) is 4.45. The Hall–Kier alpha value is -1.93. The van der Waals surface area contributed by atoms with Gasteiger partial charge in [0.1, 0.15) is 15.6 Å². The first-order valence-electron chi connectivity index (χ1n) is 5.82. The van der Waals surface area contributed by atoms with Gasteiger partial charge in [0.15, 0.2) is 0 Å². The molecule has 2 rings (SSSR count). The van der Waals surface area contributed by atoms with E-state index in [0.29, 0.717) is 11.1 Å². The fourth-order valence-corrected chi connectivity index (χ4v) is 4.57. The number of hydrogen-bond donors (Lipinski definition) is 2. The number of hydrogen-bond acceptors (Lipinski definition) is 4. The van der Waals surface area contributed by atoms with Crippen LogP contribution in [0.3, 0.4) is 0 Å². The van der Waals surface area contributed by atoms with Crippen molar-refractivity contribution >= 4 is 33.0 Å². The summed E-state index contributed by atoms with van der Waals surface area (Å²) in [6.45, 7) is 3.13. The molecule has 0 aliphatic heterocycles. The molecule has 0 saturated heterocycles. The van der Waals surface area contributed by atoms with Gasteiger partial charge in [-0.25, -0.2) is 17.6 Å². The number of carboxylic acid groups (broad SMARTS) is 1. The lowest BCUT2D eigenvalue weighted by Gasteiger charge is -2.11. The van der Waals surface area contributed by atoms with Gasteiger partial charge in [-0.2, -0.15) is 0 Å². The van der Waals surface area contributed by atoms with Gasteiger partial charge in [-0.1, -0.05) is 6.07 Å². The zero-order valence-corrected chi connectivity index (χ0v) is 12.8. The molecule has 0 saturated carbocycles. The van der Waals surface area contributed by atoms with E-state index in [4.69, 9.17) is 5.11 Å². The number of thiophene rings is 1. The zero-order valence-electron chi connectivity index (χ0n) is 11.2. The normalized spacial score (nSPS) is 11.4. The number of halogens is 1. The average Bonchev–Trinajstić information content (AvgIpc) is 2.76. The number of nitrogens with one attached hydrogen (secondary N) is 1. The van der Waals surface area contributed by atoms with Gasteiger partial charge in [0.25, 0.3) is 10.0 Å². The van der Waals surface area contributed by atoms with E-state index < -0.39 is 21.8 Å². The van der Waals surface area contributed by atoms with Crippen molar-refractivity contribution in [3.63, 3.8) is 0 Å². The van der Waals surface area contributed by atoms with Crippen LogP contribution in [0.15, 0.2) is 28.5 Å². The summed E-state index contributed by atoms with van der Waals surface area (Å²) in [7, 11) is -4.10. The number of carboxylic acids is 1. The molecule has 21 heavy (non-hydrogen) atoms. The van der Waals surface area contributed by atoms with Gasteiger partial charge in [0, 0.05) is 0 Å². The molecule has 0 unspecified atom stereocenters. The monoisotopic (exact) mass is 329 g/mol. The number of aromatic carboxylic acids is 1. The Morgan fingerprint density at radius 2 is 1.95 bits per heavy atom. The van der Waals surface area contributed by atoms with Gasteiger partial charge >= 0.3 is 5.97 Å². The molecule has 0 radical (unpaired) electrons. The van der Waals surface area contributed by atoms with Crippen molar-refractivity contribution in [3.05, 3.63) is 45.4 Å². The minimum absolute atomic E-state index is 0.0805.